The zero-order valence-electron chi connectivity index (χ0n) is 15.3. The van der Waals surface area contributed by atoms with Gasteiger partial charge in [-0.1, -0.05) is 27.2 Å². The molecule has 0 bridgehead atoms. The summed E-state index contributed by atoms with van der Waals surface area (Å²) in [5.74, 6) is 0.949. The lowest BCUT2D eigenvalue weighted by atomic mass is 9.90. The van der Waals surface area contributed by atoms with Gasteiger partial charge in [-0.3, -0.25) is 4.99 Å². The van der Waals surface area contributed by atoms with Crippen LogP contribution in [0.15, 0.2) is 4.99 Å². The van der Waals surface area contributed by atoms with Crippen LogP contribution in [0.5, 0.6) is 0 Å². The lowest BCUT2D eigenvalue weighted by Gasteiger charge is -2.17. The molecule has 0 aromatic rings. The largest absolute Gasteiger partial charge is 0.382 e. The van der Waals surface area contributed by atoms with Crippen molar-refractivity contribution in [1.29, 1.82) is 0 Å². The summed E-state index contributed by atoms with van der Waals surface area (Å²) in [6, 6.07) is 0. The van der Waals surface area contributed by atoms with Gasteiger partial charge in [-0.2, -0.15) is 0 Å². The first-order valence-corrected chi connectivity index (χ1v) is 8.59. The van der Waals surface area contributed by atoms with E-state index in [2.05, 4.69) is 43.3 Å². The quantitative estimate of drug-likeness (QED) is 0.225. The number of nitrogens with zero attached hydrogens (tertiary/aromatic N) is 1. The predicted octanol–water partition coefficient (Wildman–Crippen LogP) is 4.19. The summed E-state index contributed by atoms with van der Waals surface area (Å²) >= 11 is 0. The molecule has 0 spiro atoms. The van der Waals surface area contributed by atoms with Crippen molar-refractivity contribution in [1.82, 2.24) is 10.6 Å². The van der Waals surface area contributed by atoms with Gasteiger partial charge in [0.25, 0.3) is 0 Å². The number of unbranched alkanes of at least 4 members (excludes halogenated alkanes) is 2. The molecule has 2 N–H and O–H groups in total. The third-order valence-electron chi connectivity index (χ3n) is 3.16. The number of rotatable bonds is 11. The molecule has 0 aromatic heterocycles. The van der Waals surface area contributed by atoms with Crippen molar-refractivity contribution in [3.05, 3.63) is 0 Å². The molecule has 0 rings (SSSR count). The molecule has 134 valence electrons. The Labute approximate surface area is 155 Å². The van der Waals surface area contributed by atoms with Crippen LogP contribution in [-0.4, -0.2) is 38.8 Å². The normalized spacial score (nSPS) is 12.0. The van der Waals surface area contributed by atoms with Gasteiger partial charge in [-0.15, -0.1) is 24.0 Å². The van der Waals surface area contributed by atoms with Crippen LogP contribution in [0.4, 0.5) is 0 Å². The fourth-order valence-electron chi connectivity index (χ4n) is 1.98. The summed E-state index contributed by atoms with van der Waals surface area (Å²) < 4.78 is 5.33. The van der Waals surface area contributed by atoms with Gasteiger partial charge in [0.15, 0.2) is 5.96 Å². The lowest BCUT2D eigenvalue weighted by Crippen LogP contribution is -2.37. The lowest BCUT2D eigenvalue weighted by molar-refractivity contribution is 0.143. The molecule has 0 heterocycles. The number of aliphatic imine (C=N–C) groups is 1. The molecule has 0 unspecified atom stereocenters. The number of ether oxygens (including phenoxy) is 1. The smallest absolute Gasteiger partial charge is 0.191 e. The Balaban J connectivity index is 0. The molecule has 4 nitrogen and oxygen atoms in total. The van der Waals surface area contributed by atoms with E-state index in [-0.39, 0.29) is 24.0 Å². The summed E-state index contributed by atoms with van der Waals surface area (Å²) in [5, 5.41) is 6.69. The van der Waals surface area contributed by atoms with Crippen LogP contribution < -0.4 is 10.6 Å². The highest BCUT2D eigenvalue weighted by atomic mass is 127. The number of hydrogen-bond donors (Lipinski definition) is 2. The van der Waals surface area contributed by atoms with Gasteiger partial charge in [0, 0.05) is 32.8 Å². The molecule has 0 aromatic carbocycles. The van der Waals surface area contributed by atoms with Crippen LogP contribution in [0.3, 0.4) is 0 Å². The van der Waals surface area contributed by atoms with Crippen molar-refractivity contribution in [2.24, 2.45) is 10.4 Å². The highest BCUT2D eigenvalue weighted by molar-refractivity contribution is 14.0. The van der Waals surface area contributed by atoms with Gasteiger partial charge in [0.1, 0.15) is 0 Å². The fourth-order valence-corrected chi connectivity index (χ4v) is 1.98. The molecular weight excluding hydrogens is 389 g/mol. The third-order valence-corrected chi connectivity index (χ3v) is 3.16. The second-order valence-electron chi connectivity index (χ2n) is 6.61. The SMILES string of the molecule is CCNC(=NCCCCC(C)(C)C)NCCCCOCC.I. The summed E-state index contributed by atoms with van der Waals surface area (Å²) in [7, 11) is 0. The van der Waals surface area contributed by atoms with Crippen molar-refractivity contribution in [3.63, 3.8) is 0 Å². The van der Waals surface area contributed by atoms with E-state index in [1.807, 2.05) is 6.92 Å². The maximum absolute atomic E-state index is 5.33. The Morgan fingerprint density at radius 1 is 1.00 bits per heavy atom. The first-order valence-electron chi connectivity index (χ1n) is 8.59. The van der Waals surface area contributed by atoms with Gasteiger partial charge < -0.3 is 15.4 Å². The van der Waals surface area contributed by atoms with Crippen LogP contribution in [0.1, 0.15) is 66.7 Å². The first-order chi connectivity index (χ1) is 9.99. The van der Waals surface area contributed by atoms with E-state index in [1.54, 1.807) is 0 Å². The predicted molar refractivity (Wildman–Crippen MR) is 108 cm³/mol. The van der Waals surface area contributed by atoms with Crippen molar-refractivity contribution < 1.29 is 4.74 Å². The summed E-state index contributed by atoms with van der Waals surface area (Å²) in [5.41, 5.74) is 0.438. The maximum atomic E-state index is 5.33. The van der Waals surface area contributed by atoms with E-state index in [9.17, 15) is 0 Å². The van der Waals surface area contributed by atoms with Crippen molar-refractivity contribution in [2.75, 3.05) is 32.8 Å². The van der Waals surface area contributed by atoms with E-state index in [1.165, 1.54) is 12.8 Å². The molecule has 0 amide bonds. The minimum absolute atomic E-state index is 0. The Kier molecular flexibility index (Phi) is 17.4. The van der Waals surface area contributed by atoms with Crippen molar-refractivity contribution in [3.8, 4) is 0 Å². The van der Waals surface area contributed by atoms with Gasteiger partial charge in [-0.25, -0.2) is 0 Å². The fraction of sp³-hybridized carbons (Fsp3) is 0.941. The molecule has 0 fully saturated rings. The van der Waals surface area contributed by atoms with Crippen molar-refractivity contribution >= 4 is 29.9 Å². The molecule has 0 aliphatic carbocycles. The Hall–Kier alpha value is -0.0400. The molecule has 0 aliphatic heterocycles. The third kappa shape index (κ3) is 18.0. The van der Waals surface area contributed by atoms with Crippen LogP contribution in [-0.2, 0) is 4.74 Å². The Morgan fingerprint density at radius 3 is 2.32 bits per heavy atom. The van der Waals surface area contributed by atoms with Crippen LogP contribution in [0.25, 0.3) is 0 Å². The number of nitrogens with one attached hydrogen (secondary N) is 2. The Bertz CT molecular complexity index is 265. The van der Waals surface area contributed by atoms with E-state index >= 15 is 0 Å². The highest BCUT2D eigenvalue weighted by Gasteiger charge is 2.08. The Morgan fingerprint density at radius 2 is 1.73 bits per heavy atom. The summed E-state index contributed by atoms with van der Waals surface area (Å²) in [6.45, 7) is 15.5. The number of hydrogen-bond acceptors (Lipinski definition) is 2. The van der Waals surface area contributed by atoms with Crippen LogP contribution >= 0.6 is 24.0 Å². The van der Waals surface area contributed by atoms with Gasteiger partial charge >= 0.3 is 0 Å². The number of guanidine groups is 1. The molecule has 0 saturated heterocycles. The average Bonchev–Trinajstić information content (AvgIpc) is 2.40. The second-order valence-corrected chi connectivity index (χ2v) is 6.61. The molecule has 0 radical (unpaired) electrons. The minimum Gasteiger partial charge on any atom is -0.382 e. The first kappa shape index (κ1) is 24.2. The van der Waals surface area contributed by atoms with Crippen molar-refractivity contribution in [2.45, 2.75) is 66.7 Å². The van der Waals surface area contributed by atoms with E-state index in [0.717, 1.165) is 58.1 Å². The van der Waals surface area contributed by atoms with E-state index < -0.39 is 0 Å². The molecule has 0 atom stereocenters. The molecular formula is C17H38IN3O. The molecule has 5 heteroatoms. The minimum atomic E-state index is 0. The zero-order valence-corrected chi connectivity index (χ0v) is 17.7. The van der Waals surface area contributed by atoms with E-state index in [4.69, 9.17) is 4.74 Å². The number of halogens is 1. The van der Waals surface area contributed by atoms with Gasteiger partial charge in [-0.05, 0) is 44.9 Å². The standard InChI is InChI=1S/C17H37N3O.HI/c1-6-18-16(20-14-10-11-15-21-7-2)19-13-9-8-12-17(3,4)5;/h6-15H2,1-5H3,(H2,18,19,20);1H. The summed E-state index contributed by atoms with van der Waals surface area (Å²) in [4.78, 5) is 4.63. The van der Waals surface area contributed by atoms with E-state index in [0.29, 0.717) is 5.41 Å². The van der Waals surface area contributed by atoms with Crippen LogP contribution in [0.2, 0.25) is 0 Å². The average molecular weight is 427 g/mol. The molecule has 0 saturated carbocycles. The van der Waals surface area contributed by atoms with Crippen LogP contribution in [0, 0.1) is 5.41 Å². The molecule has 0 aliphatic rings. The topological polar surface area (TPSA) is 45.7 Å². The monoisotopic (exact) mass is 427 g/mol. The maximum Gasteiger partial charge on any atom is 0.191 e. The highest BCUT2D eigenvalue weighted by Crippen LogP contribution is 2.21. The zero-order chi connectivity index (χ0) is 16.0. The van der Waals surface area contributed by atoms with Gasteiger partial charge in [0.05, 0.1) is 0 Å². The van der Waals surface area contributed by atoms with Gasteiger partial charge in [0.2, 0.25) is 0 Å². The second kappa shape index (κ2) is 15.8. The summed E-state index contributed by atoms with van der Waals surface area (Å²) in [6.07, 6.45) is 5.91. The molecule has 22 heavy (non-hydrogen) atoms.